The third-order valence-electron chi connectivity index (χ3n) is 3.66. The van der Waals surface area contributed by atoms with E-state index < -0.39 is 15.4 Å². The normalized spacial score (nSPS) is 27.9. The second kappa shape index (κ2) is 6.32. The van der Waals surface area contributed by atoms with E-state index in [1.807, 2.05) is 6.92 Å². The van der Waals surface area contributed by atoms with Crippen LogP contribution < -0.4 is 5.73 Å². The molecule has 108 valence electrons. The summed E-state index contributed by atoms with van der Waals surface area (Å²) >= 11 is 0. The molecule has 6 heteroatoms. The molecule has 1 saturated heterocycles. The number of aliphatic hydroxyl groups is 1. The zero-order valence-electron chi connectivity index (χ0n) is 11.4. The lowest BCUT2D eigenvalue weighted by Gasteiger charge is -2.33. The van der Waals surface area contributed by atoms with Gasteiger partial charge in [0.05, 0.1) is 17.1 Å². The molecule has 1 rings (SSSR count). The predicted molar refractivity (Wildman–Crippen MR) is 73.2 cm³/mol. The van der Waals surface area contributed by atoms with Crippen molar-refractivity contribution in [1.29, 1.82) is 0 Å². The summed E-state index contributed by atoms with van der Waals surface area (Å²) in [7, 11) is -2.82. The topological polar surface area (TPSA) is 83.6 Å². The van der Waals surface area contributed by atoms with Crippen molar-refractivity contribution in [2.45, 2.75) is 44.8 Å². The minimum absolute atomic E-state index is 0.110. The Morgan fingerprint density at radius 1 is 1.44 bits per heavy atom. The molecule has 0 aromatic heterocycles. The van der Waals surface area contributed by atoms with E-state index in [-0.39, 0.29) is 24.1 Å². The van der Waals surface area contributed by atoms with Crippen LogP contribution in [0.15, 0.2) is 0 Å². The van der Waals surface area contributed by atoms with Crippen LogP contribution in [0.2, 0.25) is 0 Å². The lowest BCUT2D eigenvalue weighted by Crippen LogP contribution is -2.47. The van der Waals surface area contributed by atoms with E-state index in [0.29, 0.717) is 13.0 Å². The first kappa shape index (κ1) is 15.9. The van der Waals surface area contributed by atoms with Gasteiger partial charge in [-0.15, -0.1) is 0 Å². The van der Waals surface area contributed by atoms with E-state index in [9.17, 15) is 13.5 Å². The summed E-state index contributed by atoms with van der Waals surface area (Å²) in [6.07, 6.45) is 2.59. The van der Waals surface area contributed by atoms with Crippen LogP contribution in [-0.2, 0) is 9.84 Å². The number of nitrogens with two attached hydrogens (primary N) is 1. The summed E-state index contributed by atoms with van der Waals surface area (Å²) in [4.78, 5) is 2.22. The Balaban J connectivity index is 2.25. The molecule has 0 radical (unpaired) electrons. The molecule has 1 fully saturated rings. The fourth-order valence-electron chi connectivity index (χ4n) is 2.29. The summed E-state index contributed by atoms with van der Waals surface area (Å²) in [6.45, 7) is 5.54. The van der Waals surface area contributed by atoms with Crippen LogP contribution in [0.1, 0.15) is 33.1 Å². The molecule has 5 nitrogen and oxygen atoms in total. The Labute approximate surface area is 110 Å². The smallest absolute Gasteiger partial charge is 0.153 e. The van der Waals surface area contributed by atoms with E-state index >= 15 is 0 Å². The van der Waals surface area contributed by atoms with Crippen molar-refractivity contribution >= 4 is 9.84 Å². The summed E-state index contributed by atoms with van der Waals surface area (Å²) < 4.78 is 22.9. The molecule has 18 heavy (non-hydrogen) atoms. The number of unbranched alkanes of at least 4 members (excludes halogenated alkanes) is 1. The van der Waals surface area contributed by atoms with Gasteiger partial charge in [0.15, 0.2) is 9.84 Å². The van der Waals surface area contributed by atoms with Gasteiger partial charge in [-0.2, -0.15) is 0 Å². The van der Waals surface area contributed by atoms with Crippen molar-refractivity contribution in [3.05, 3.63) is 0 Å². The highest BCUT2D eigenvalue weighted by Gasteiger charge is 2.27. The molecule has 0 saturated carbocycles. The Kier molecular flexibility index (Phi) is 5.58. The second-order valence-corrected chi connectivity index (χ2v) is 7.89. The van der Waals surface area contributed by atoms with Gasteiger partial charge in [-0.3, -0.25) is 4.90 Å². The third kappa shape index (κ3) is 5.22. The molecule has 3 N–H and O–H groups in total. The maximum absolute atomic E-state index is 11.4. The van der Waals surface area contributed by atoms with Gasteiger partial charge in [0.1, 0.15) is 0 Å². The van der Waals surface area contributed by atoms with E-state index in [2.05, 4.69) is 4.90 Å². The number of hydrogen-bond donors (Lipinski definition) is 2. The molecule has 0 aromatic carbocycles. The summed E-state index contributed by atoms with van der Waals surface area (Å²) in [5.41, 5.74) is 4.69. The average molecular weight is 278 g/mol. The van der Waals surface area contributed by atoms with Gasteiger partial charge < -0.3 is 10.8 Å². The van der Waals surface area contributed by atoms with E-state index in [4.69, 9.17) is 5.73 Å². The van der Waals surface area contributed by atoms with Gasteiger partial charge in [-0.25, -0.2) is 8.42 Å². The Morgan fingerprint density at radius 3 is 2.67 bits per heavy atom. The first-order valence-corrected chi connectivity index (χ1v) is 8.45. The highest BCUT2D eigenvalue weighted by atomic mass is 32.2. The average Bonchev–Trinajstić information content (AvgIpc) is 2.26. The number of nitrogens with zero attached hydrogens (tertiary/aromatic N) is 1. The molecule has 0 spiro atoms. The Hall–Kier alpha value is -0.170. The monoisotopic (exact) mass is 278 g/mol. The molecule has 1 aliphatic heterocycles. The van der Waals surface area contributed by atoms with Crippen LogP contribution in [-0.4, -0.2) is 61.2 Å². The number of hydrogen-bond acceptors (Lipinski definition) is 5. The van der Waals surface area contributed by atoms with Gasteiger partial charge in [-0.1, -0.05) is 0 Å². The van der Waals surface area contributed by atoms with E-state index in [1.165, 1.54) is 0 Å². The lowest BCUT2D eigenvalue weighted by atomic mass is 9.99. The molecule has 1 aliphatic rings. The van der Waals surface area contributed by atoms with Gasteiger partial charge >= 0.3 is 0 Å². The zero-order chi connectivity index (χ0) is 13.8. The van der Waals surface area contributed by atoms with Crippen molar-refractivity contribution in [2.75, 3.05) is 31.1 Å². The van der Waals surface area contributed by atoms with E-state index in [0.717, 1.165) is 19.4 Å². The summed E-state index contributed by atoms with van der Waals surface area (Å²) in [5.74, 6) is 0.547. The van der Waals surface area contributed by atoms with Crippen molar-refractivity contribution in [3.63, 3.8) is 0 Å². The van der Waals surface area contributed by atoms with Gasteiger partial charge in [0.25, 0.3) is 0 Å². The van der Waals surface area contributed by atoms with Gasteiger partial charge in [-0.05, 0) is 39.7 Å². The van der Waals surface area contributed by atoms with Crippen LogP contribution in [0.4, 0.5) is 0 Å². The third-order valence-corrected chi connectivity index (χ3v) is 5.45. The molecule has 0 bridgehead atoms. The van der Waals surface area contributed by atoms with Crippen LogP contribution >= 0.6 is 0 Å². The first-order valence-electron chi connectivity index (χ1n) is 6.63. The van der Waals surface area contributed by atoms with Crippen molar-refractivity contribution in [3.8, 4) is 0 Å². The second-order valence-electron chi connectivity index (χ2n) is 5.66. The van der Waals surface area contributed by atoms with Crippen LogP contribution in [0.3, 0.4) is 0 Å². The molecule has 0 aromatic rings. The van der Waals surface area contributed by atoms with Crippen LogP contribution in [0.25, 0.3) is 0 Å². The first-order chi connectivity index (χ1) is 8.26. The fourth-order valence-corrected chi connectivity index (χ4v) is 3.91. The molecule has 1 heterocycles. The Bertz CT molecular complexity index is 354. The standard InChI is InChI=1S/C12H26N2O3S/c1-11-9-18(16,17)8-7-14(11)6-4-3-5-12(2,15)10-13/h11,15H,3-10,13H2,1-2H3. The highest BCUT2D eigenvalue weighted by Crippen LogP contribution is 2.15. The van der Waals surface area contributed by atoms with Crippen molar-refractivity contribution in [2.24, 2.45) is 5.73 Å². The summed E-state index contributed by atoms with van der Waals surface area (Å²) in [6, 6.07) is 0.110. The fraction of sp³-hybridized carbons (Fsp3) is 1.00. The SMILES string of the molecule is CC1CS(=O)(=O)CCN1CCCCC(C)(O)CN. The quantitative estimate of drug-likeness (QED) is 0.667. The minimum atomic E-state index is -2.82. The molecule has 2 atom stereocenters. The molecular formula is C12H26N2O3S. The van der Waals surface area contributed by atoms with Gasteiger partial charge in [0.2, 0.25) is 0 Å². The van der Waals surface area contributed by atoms with Gasteiger partial charge in [0, 0.05) is 19.1 Å². The van der Waals surface area contributed by atoms with Crippen molar-refractivity contribution in [1.82, 2.24) is 4.90 Å². The molecular weight excluding hydrogens is 252 g/mol. The summed E-state index contributed by atoms with van der Waals surface area (Å²) in [5, 5.41) is 9.76. The molecule has 0 amide bonds. The maximum atomic E-state index is 11.4. The number of sulfone groups is 1. The Morgan fingerprint density at radius 2 is 2.11 bits per heavy atom. The molecule has 0 aliphatic carbocycles. The predicted octanol–water partition coefficient (Wildman–Crippen LogP) is -0.0147. The number of rotatable bonds is 6. The lowest BCUT2D eigenvalue weighted by molar-refractivity contribution is 0.0560. The molecule has 2 unspecified atom stereocenters. The van der Waals surface area contributed by atoms with Crippen LogP contribution in [0.5, 0.6) is 0 Å². The highest BCUT2D eigenvalue weighted by molar-refractivity contribution is 7.91. The minimum Gasteiger partial charge on any atom is -0.389 e. The van der Waals surface area contributed by atoms with Crippen LogP contribution in [0, 0.1) is 0 Å². The van der Waals surface area contributed by atoms with E-state index in [1.54, 1.807) is 6.92 Å². The largest absolute Gasteiger partial charge is 0.389 e. The van der Waals surface area contributed by atoms with Crippen molar-refractivity contribution < 1.29 is 13.5 Å². The maximum Gasteiger partial charge on any atom is 0.153 e. The zero-order valence-corrected chi connectivity index (χ0v) is 12.2.